The van der Waals surface area contributed by atoms with Crippen molar-refractivity contribution in [3.63, 3.8) is 0 Å². The molecule has 1 amide bonds. The summed E-state index contributed by atoms with van der Waals surface area (Å²) in [6, 6.07) is 23.7. The van der Waals surface area contributed by atoms with Crippen LogP contribution in [0.25, 0.3) is 0 Å². The molecule has 0 saturated carbocycles. The average molecular weight is 368 g/mol. The van der Waals surface area contributed by atoms with Crippen molar-refractivity contribution in [2.24, 2.45) is 11.0 Å². The van der Waals surface area contributed by atoms with Crippen molar-refractivity contribution in [3.05, 3.63) is 89.5 Å². The van der Waals surface area contributed by atoms with E-state index in [2.05, 4.69) is 24.2 Å². The van der Waals surface area contributed by atoms with Crippen LogP contribution in [0.5, 0.6) is 11.5 Å². The van der Waals surface area contributed by atoms with Crippen molar-refractivity contribution in [3.8, 4) is 11.5 Å². The number of ether oxygens (including phenoxy) is 1. The van der Waals surface area contributed by atoms with E-state index in [0.29, 0.717) is 0 Å². The first-order chi connectivity index (χ1) is 13.6. The van der Waals surface area contributed by atoms with E-state index < -0.39 is 0 Å². The third-order valence-electron chi connectivity index (χ3n) is 5.49. The van der Waals surface area contributed by atoms with Crippen LogP contribution in [-0.2, 0) is 4.79 Å². The minimum atomic E-state index is -0.356. The number of rotatable bonds is 2. The van der Waals surface area contributed by atoms with Crippen LogP contribution in [0.1, 0.15) is 29.5 Å². The Bertz CT molecular complexity index is 1100. The predicted octanol–water partition coefficient (Wildman–Crippen LogP) is 5.27. The largest absolute Gasteiger partial charge is 0.457 e. The Labute approximate surface area is 164 Å². The van der Waals surface area contributed by atoms with Crippen LogP contribution in [0.2, 0.25) is 0 Å². The Morgan fingerprint density at radius 3 is 2.36 bits per heavy atom. The molecule has 0 spiro atoms. The quantitative estimate of drug-likeness (QED) is 0.618. The smallest absolute Gasteiger partial charge is 0.257 e. The normalized spacial score (nSPS) is 20.3. The number of benzene rings is 3. The number of carbonyl (C=O) groups is 1. The number of aryl methyl sites for hydroxylation is 1. The maximum absolute atomic E-state index is 13.5. The van der Waals surface area contributed by atoms with Gasteiger partial charge in [0, 0.05) is 22.8 Å². The average Bonchev–Trinajstić information content (AvgIpc) is 3.01. The number of carbonyl (C=O) groups excluding carboxylic acids is 1. The highest BCUT2D eigenvalue weighted by molar-refractivity contribution is 6.15. The topological polar surface area (TPSA) is 41.9 Å². The third kappa shape index (κ3) is 2.53. The molecule has 2 heterocycles. The van der Waals surface area contributed by atoms with Crippen LogP contribution in [0.3, 0.4) is 0 Å². The van der Waals surface area contributed by atoms with E-state index in [1.807, 2.05) is 67.6 Å². The summed E-state index contributed by atoms with van der Waals surface area (Å²) >= 11 is 0. The summed E-state index contributed by atoms with van der Waals surface area (Å²) in [4.78, 5) is 13.5. The van der Waals surface area contributed by atoms with Gasteiger partial charge in [-0.1, -0.05) is 54.1 Å². The molecule has 2 aliphatic heterocycles. The molecule has 2 aliphatic rings. The van der Waals surface area contributed by atoms with Crippen LogP contribution in [0.15, 0.2) is 77.9 Å². The Morgan fingerprint density at radius 1 is 0.821 bits per heavy atom. The summed E-state index contributed by atoms with van der Waals surface area (Å²) in [6.07, 6.45) is 0. The molecule has 5 rings (SSSR count). The van der Waals surface area contributed by atoms with E-state index in [1.54, 1.807) is 0 Å². The van der Waals surface area contributed by atoms with Gasteiger partial charge in [-0.3, -0.25) is 4.79 Å². The first kappa shape index (κ1) is 16.8. The summed E-state index contributed by atoms with van der Waals surface area (Å²) < 4.78 is 6.14. The Kier molecular flexibility index (Phi) is 3.79. The maximum Gasteiger partial charge on any atom is 0.257 e. The molecule has 0 unspecified atom stereocenters. The molecular weight excluding hydrogens is 348 g/mol. The van der Waals surface area contributed by atoms with Gasteiger partial charge in [-0.25, -0.2) is 5.01 Å². The highest BCUT2D eigenvalue weighted by atomic mass is 16.5. The highest BCUT2D eigenvalue weighted by Gasteiger charge is 2.44. The van der Waals surface area contributed by atoms with E-state index >= 15 is 0 Å². The van der Waals surface area contributed by atoms with Crippen molar-refractivity contribution in [2.45, 2.75) is 19.8 Å². The second-order valence-corrected chi connectivity index (χ2v) is 7.36. The van der Waals surface area contributed by atoms with Crippen molar-refractivity contribution >= 4 is 17.3 Å². The fraction of sp³-hybridized carbons (Fsp3) is 0.167. The fourth-order valence-corrected chi connectivity index (χ4v) is 4.20. The second kappa shape index (κ2) is 6.34. The molecule has 138 valence electrons. The van der Waals surface area contributed by atoms with Gasteiger partial charge in [-0.05, 0) is 38.1 Å². The molecule has 3 aromatic rings. The molecule has 0 aromatic heterocycles. The summed E-state index contributed by atoms with van der Waals surface area (Å²) in [5.74, 6) is 1.14. The summed E-state index contributed by atoms with van der Waals surface area (Å²) in [7, 11) is 0. The Balaban J connectivity index is 1.65. The highest BCUT2D eigenvalue weighted by Crippen LogP contribution is 2.49. The van der Waals surface area contributed by atoms with Crippen LogP contribution in [-0.4, -0.2) is 11.6 Å². The number of para-hydroxylation sites is 2. The molecule has 0 fully saturated rings. The van der Waals surface area contributed by atoms with Gasteiger partial charge in [0.05, 0.1) is 11.6 Å². The number of hydrazone groups is 1. The number of anilines is 1. The lowest BCUT2D eigenvalue weighted by Gasteiger charge is -2.31. The zero-order valence-electron chi connectivity index (χ0n) is 15.8. The minimum Gasteiger partial charge on any atom is -0.457 e. The van der Waals surface area contributed by atoms with E-state index in [9.17, 15) is 4.79 Å². The zero-order chi connectivity index (χ0) is 19.3. The fourth-order valence-electron chi connectivity index (χ4n) is 4.20. The number of hydrogen-bond donors (Lipinski definition) is 0. The number of hydrogen-bond acceptors (Lipinski definition) is 3. The molecule has 0 aliphatic carbocycles. The van der Waals surface area contributed by atoms with Crippen molar-refractivity contribution in [2.75, 3.05) is 5.01 Å². The molecule has 0 N–H and O–H groups in total. The molecule has 0 radical (unpaired) electrons. The third-order valence-corrected chi connectivity index (χ3v) is 5.49. The first-order valence-electron chi connectivity index (χ1n) is 9.45. The van der Waals surface area contributed by atoms with Crippen molar-refractivity contribution in [1.82, 2.24) is 0 Å². The molecule has 2 atom stereocenters. The van der Waals surface area contributed by atoms with E-state index in [4.69, 9.17) is 4.74 Å². The van der Waals surface area contributed by atoms with Crippen molar-refractivity contribution in [1.29, 1.82) is 0 Å². The van der Waals surface area contributed by atoms with E-state index in [-0.39, 0.29) is 17.7 Å². The van der Waals surface area contributed by atoms with Gasteiger partial charge in [0.15, 0.2) is 0 Å². The molecule has 28 heavy (non-hydrogen) atoms. The predicted molar refractivity (Wildman–Crippen MR) is 110 cm³/mol. The van der Waals surface area contributed by atoms with Gasteiger partial charge in [-0.15, -0.1) is 0 Å². The summed E-state index contributed by atoms with van der Waals surface area (Å²) in [6.45, 7) is 4.00. The van der Waals surface area contributed by atoms with Crippen LogP contribution in [0.4, 0.5) is 5.69 Å². The van der Waals surface area contributed by atoms with Gasteiger partial charge >= 0.3 is 0 Å². The minimum absolute atomic E-state index is 0.00198. The van der Waals surface area contributed by atoms with Gasteiger partial charge in [-0.2, -0.15) is 5.10 Å². The Morgan fingerprint density at radius 2 is 1.54 bits per heavy atom. The lowest BCUT2D eigenvalue weighted by atomic mass is 9.76. The maximum atomic E-state index is 13.5. The van der Waals surface area contributed by atoms with Gasteiger partial charge in [0.2, 0.25) is 0 Å². The van der Waals surface area contributed by atoms with Crippen LogP contribution in [0, 0.1) is 12.8 Å². The molecule has 3 aromatic carbocycles. The zero-order valence-corrected chi connectivity index (χ0v) is 15.8. The van der Waals surface area contributed by atoms with Crippen LogP contribution >= 0.6 is 0 Å². The first-order valence-corrected chi connectivity index (χ1v) is 9.45. The molecule has 0 bridgehead atoms. The standard InChI is InChI=1S/C24H20N2O2/c1-15-12-13-21-19(14-15)23(18-10-6-7-11-20(18)28-21)22-16(2)25-26(24(22)27)17-8-4-3-5-9-17/h3-14,22-23H,1-2H3/t22-,23-/m0/s1. The van der Waals surface area contributed by atoms with E-state index in [0.717, 1.165) is 39.6 Å². The monoisotopic (exact) mass is 368 g/mol. The molecule has 0 saturated heterocycles. The van der Waals surface area contributed by atoms with E-state index in [1.165, 1.54) is 5.01 Å². The van der Waals surface area contributed by atoms with Gasteiger partial charge in [0.25, 0.3) is 5.91 Å². The molecule has 4 heteroatoms. The van der Waals surface area contributed by atoms with Crippen molar-refractivity contribution < 1.29 is 9.53 Å². The number of amides is 1. The lowest BCUT2D eigenvalue weighted by molar-refractivity contribution is -0.120. The second-order valence-electron chi connectivity index (χ2n) is 7.36. The summed E-state index contributed by atoms with van der Waals surface area (Å²) in [5, 5.41) is 6.16. The molecular formula is C24H20N2O2. The van der Waals surface area contributed by atoms with Crippen LogP contribution < -0.4 is 9.75 Å². The van der Waals surface area contributed by atoms with Gasteiger partial charge in [0.1, 0.15) is 11.5 Å². The Hall–Kier alpha value is -3.40. The van der Waals surface area contributed by atoms with Gasteiger partial charge < -0.3 is 4.74 Å². The lowest BCUT2D eigenvalue weighted by Crippen LogP contribution is -2.33. The number of fused-ring (bicyclic) bond motifs is 2. The SMILES string of the molecule is CC1=NN(c2ccccc2)C(=O)[C@@H]1[C@H]1c2ccccc2Oc2ccc(C)cc21. The number of nitrogens with zero attached hydrogens (tertiary/aromatic N) is 2. The summed E-state index contributed by atoms with van der Waals surface area (Å²) in [5.41, 5.74) is 4.83. The molecule has 4 nitrogen and oxygen atoms in total.